The molecule has 0 radical (unpaired) electrons. The third-order valence-corrected chi connectivity index (χ3v) is 8.22. The summed E-state index contributed by atoms with van der Waals surface area (Å²) in [5.41, 5.74) is 11.0. The van der Waals surface area contributed by atoms with Crippen LogP contribution in [-0.2, 0) is 17.6 Å². The third-order valence-electron chi connectivity index (χ3n) is 5.91. The molecule has 0 spiro atoms. The van der Waals surface area contributed by atoms with Gasteiger partial charge in [-0.05, 0) is 59.3 Å². The number of hydrogen-bond donors (Lipinski definition) is 1. The fourth-order valence-corrected chi connectivity index (χ4v) is 6.52. The van der Waals surface area contributed by atoms with Crippen molar-refractivity contribution in [1.29, 1.82) is 5.26 Å². The van der Waals surface area contributed by atoms with Crippen molar-refractivity contribution in [2.45, 2.75) is 51.9 Å². The van der Waals surface area contributed by atoms with Gasteiger partial charge in [0.15, 0.2) is 5.78 Å². The van der Waals surface area contributed by atoms with Crippen LogP contribution in [0.2, 0.25) is 0 Å². The van der Waals surface area contributed by atoms with Gasteiger partial charge in [-0.15, -0.1) is 11.3 Å². The van der Waals surface area contributed by atoms with Crippen LogP contribution in [0.1, 0.15) is 54.3 Å². The molecule has 1 aromatic heterocycles. The lowest BCUT2D eigenvalue weighted by Gasteiger charge is -2.40. The molecule has 154 valence electrons. The van der Waals surface area contributed by atoms with Crippen molar-refractivity contribution < 1.29 is 4.79 Å². The Hall–Kier alpha value is -2.36. The number of nitriles is 1. The van der Waals surface area contributed by atoms with Crippen LogP contribution in [0, 0.1) is 11.3 Å². The van der Waals surface area contributed by atoms with Crippen molar-refractivity contribution in [2.24, 2.45) is 5.73 Å². The zero-order valence-corrected chi connectivity index (χ0v) is 19.6. The SMILES string of the molecule is CCc1ccccc1N1C(N)=C(C#N)C(c2cc(Br)c(CC)s2)C2=C1CCCC2=O. The molecule has 1 aromatic carbocycles. The van der Waals surface area contributed by atoms with Gasteiger partial charge in [0.1, 0.15) is 5.82 Å². The quantitative estimate of drug-likeness (QED) is 0.586. The van der Waals surface area contributed by atoms with Crippen LogP contribution in [0.15, 0.2) is 57.5 Å². The Labute approximate surface area is 189 Å². The number of carbonyl (C=O) groups excluding carboxylic acids is 1. The number of rotatable bonds is 4. The van der Waals surface area contributed by atoms with E-state index in [0.717, 1.165) is 57.6 Å². The lowest BCUT2D eigenvalue weighted by Crippen LogP contribution is -2.39. The molecule has 0 bridgehead atoms. The summed E-state index contributed by atoms with van der Waals surface area (Å²) in [4.78, 5) is 17.4. The van der Waals surface area contributed by atoms with Gasteiger partial charge in [-0.25, -0.2) is 0 Å². The summed E-state index contributed by atoms with van der Waals surface area (Å²) in [5.74, 6) is 0.187. The maximum absolute atomic E-state index is 13.2. The molecule has 2 aliphatic rings. The number of benzene rings is 1. The number of allylic oxidation sites excluding steroid dienone is 3. The molecule has 1 aliphatic carbocycles. The van der Waals surface area contributed by atoms with Crippen molar-refractivity contribution in [3.05, 3.63) is 72.8 Å². The minimum absolute atomic E-state index is 0.128. The van der Waals surface area contributed by atoms with Crippen molar-refractivity contribution in [3.63, 3.8) is 0 Å². The second-order valence-electron chi connectivity index (χ2n) is 7.57. The molecule has 1 aliphatic heterocycles. The number of anilines is 1. The average molecular weight is 482 g/mol. The first-order valence-electron chi connectivity index (χ1n) is 10.3. The molecule has 1 unspecified atom stereocenters. The van der Waals surface area contributed by atoms with Gasteiger partial charge in [0.25, 0.3) is 0 Å². The van der Waals surface area contributed by atoms with Crippen LogP contribution in [0.5, 0.6) is 0 Å². The van der Waals surface area contributed by atoms with Crippen molar-refractivity contribution in [2.75, 3.05) is 4.90 Å². The number of aryl methyl sites for hydroxylation is 2. The largest absolute Gasteiger partial charge is 0.384 e. The molecule has 2 N–H and O–H groups in total. The van der Waals surface area contributed by atoms with E-state index in [9.17, 15) is 10.1 Å². The monoisotopic (exact) mass is 481 g/mol. The van der Waals surface area contributed by atoms with Crippen molar-refractivity contribution in [1.82, 2.24) is 0 Å². The normalized spacial score (nSPS) is 19.2. The molecule has 0 saturated carbocycles. The summed E-state index contributed by atoms with van der Waals surface area (Å²) in [7, 11) is 0. The molecule has 0 amide bonds. The highest BCUT2D eigenvalue weighted by Gasteiger charge is 2.41. The maximum atomic E-state index is 13.2. The Bertz CT molecular complexity index is 1120. The summed E-state index contributed by atoms with van der Waals surface area (Å²) in [6.45, 7) is 4.21. The molecule has 0 saturated heterocycles. The van der Waals surface area contributed by atoms with E-state index in [0.29, 0.717) is 17.8 Å². The Morgan fingerprint density at radius 2 is 2.03 bits per heavy atom. The molecular weight excluding hydrogens is 458 g/mol. The molecule has 6 heteroatoms. The van der Waals surface area contributed by atoms with E-state index in [1.54, 1.807) is 11.3 Å². The minimum atomic E-state index is -0.385. The van der Waals surface area contributed by atoms with Crippen LogP contribution < -0.4 is 10.6 Å². The van der Waals surface area contributed by atoms with Gasteiger partial charge in [0.2, 0.25) is 0 Å². The molecule has 2 aromatic rings. The fraction of sp³-hybridized carbons (Fsp3) is 0.333. The van der Waals surface area contributed by atoms with Crippen LogP contribution >= 0.6 is 27.3 Å². The lowest BCUT2D eigenvalue weighted by atomic mass is 9.78. The molecule has 4 nitrogen and oxygen atoms in total. The van der Waals surface area contributed by atoms with Gasteiger partial charge < -0.3 is 5.73 Å². The first kappa shape index (κ1) is 20.9. The molecule has 1 atom stereocenters. The zero-order valence-electron chi connectivity index (χ0n) is 17.2. The van der Waals surface area contributed by atoms with Gasteiger partial charge in [-0.3, -0.25) is 9.69 Å². The molecule has 0 fully saturated rings. The number of ketones is 1. The van der Waals surface area contributed by atoms with Crippen LogP contribution in [0.25, 0.3) is 0 Å². The van der Waals surface area contributed by atoms with E-state index in [1.165, 1.54) is 4.88 Å². The summed E-state index contributed by atoms with van der Waals surface area (Å²) in [5, 5.41) is 10.1. The number of para-hydroxylation sites is 1. The highest BCUT2D eigenvalue weighted by molar-refractivity contribution is 9.10. The van der Waals surface area contributed by atoms with Crippen LogP contribution in [0.4, 0.5) is 5.69 Å². The first-order valence-corrected chi connectivity index (χ1v) is 11.9. The van der Waals surface area contributed by atoms with E-state index in [4.69, 9.17) is 5.73 Å². The predicted octanol–water partition coefficient (Wildman–Crippen LogP) is 5.94. The highest BCUT2D eigenvalue weighted by atomic mass is 79.9. The van der Waals surface area contributed by atoms with E-state index in [2.05, 4.69) is 48.0 Å². The fourth-order valence-electron chi connectivity index (χ4n) is 4.48. The Morgan fingerprint density at radius 1 is 1.27 bits per heavy atom. The molecular formula is C24H24BrN3OS. The number of nitrogens with zero attached hydrogens (tertiary/aromatic N) is 2. The van der Waals surface area contributed by atoms with Crippen molar-refractivity contribution in [3.8, 4) is 6.07 Å². The van der Waals surface area contributed by atoms with E-state index >= 15 is 0 Å². The zero-order chi connectivity index (χ0) is 21.4. The Balaban J connectivity index is 1.98. The van der Waals surface area contributed by atoms with E-state index < -0.39 is 0 Å². The second-order valence-corrected chi connectivity index (χ2v) is 9.59. The number of nitrogens with two attached hydrogens (primary N) is 1. The van der Waals surface area contributed by atoms with Crippen molar-refractivity contribution >= 4 is 38.7 Å². The van der Waals surface area contributed by atoms with Crippen LogP contribution in [-0.4, -0.2) is 5.78 Å². The second kappa shape index (κ2) is 8.41. The van der Waals surface area contributed by atoms with E-state index in [-0.39, 0.29) is 11.7 Å². The molecule has 30 heavy (non-hydrogen) atoms. The van der Waals surface area contributed by atoms with Gasteiger partial charge >= 0.3 is 0 Å². The standard InChI is InChI=1S/C24H24BrN3OS/c1-3-14-8-5-6-9-17(14)28-18-10-7-11-19(29)23(18)22(15(13-26)24(28)27)21-12-16(25)20(4-2)30-21/h5-6,8-9,12,22H,3-4,7,10-11,27H2,1-2H3. The number of carbonyl (C=O) groups is 1. The Kier molecular flexibility index (Phi) is 5.86. The lowest BCUT2D eigenvalue weighted by molar-refractivity contribution is -0.116. The summed E-state index contributed by atoms with van der Waals surface area (Å²) < 4.78 is 1.03. The highest BCUT2D eigenvalue weighted by Crippen LogP contribution is 2.49. The van der Waals surface area contributed by atoms with Crippen LogP contribution in [0.3, 0.4) is 0 Å². The summed E-state index contributed by atoms with van der Waals surface area (Å²) in [6, 6.07) is 12.5. The van der Waals surface area contributed by atoms with Gasteiger partial charge in [0.05, 0.1) is 23.2 Å². The predicted molar refractivity (Wildman–Crippen MR) is 125 cm³/mol. The summed E-state index contributed by atoms with van der Waals surface area (Å²) in [6.07, 6.45) is 3.85. The number of halogens is 1. The number of hydrogen-bond acceptors (Lipinski definition) is 5. The smallest absolute Gasteiger partial charge is 0.161 e. The number of thiophene rings is 1. The topological polar surface area (TPSA) is 70.1 Å². The minimum Gasteiger partial charge on any atom is -0.384 e. The number of Topliss-reactive ketones (excluding diaryl/α,β-unsaturated/α-hetero) is 1. The Morgan fingerprint density at radius 3 is 2.70 bits per heavy atom. The molecule has 2 heterocycles. The van der Waals surface area contributed by atoms with E-state index in [1.807, 2.05) is 23.1 Å². The molecule has 4 rings (SSSR count). The maximum Gasteiger partial charge on any atom is 0.161 e. The third kappa shape index (κ3) is 3.30. The van der Waals surface area contributed by atoms with Gasteiger partial charge in [-0.2, -0.15) is 5.26 Å². The average Bonchev–Trinajstić information content (AvgIpc) is 3.13. The first-order chi connectivity index (χ1) is 14.5. The summed E-state index contributed by atoms with van der Waals surface area (Å²) >= 11 is 5.30. The van der Waals surface area contributed by atoms with Gasteiger partial charge in [0, 0.05) is 31.9 Å². The van der Waals surface area contributed by atoms with Gasteiger partial charge in [-0.1, -0.05) is 32.0 Å².